The van der Waals surface area contributed by atoms with Gasteiger partial charge in [-0.3, -0.25) is 4.98 Å². The molecule has 3 aromatic rings. The van der Waals surface area contributed by atoms with Gasteiger partial charge < -0.3 is 15.0 Å². The number of H-pyrrole nitrogens is 1. The second-order valence-electron chi connectivity index (χ2n) is 7.98. The number of fused-ring (bicyclic) bond motifs is 1. The number of allylic oxidation sites excluding steroid dienone is 1. The number of nitrogens with zero attached hydrogens (tertiary/aromatic N) is 1. The third kappa shape index (κ3) is 4.45. The van der Waals surface area contributed by atoms with Crippen LogP contribution in [0.5, 0.6) is 5.75 Å². The molecule has 2 N–H and O–H groups in total. The first-order valence-electron chi connectivity index (χ1n) is 10.0. The van der Waals surface area contributed by atoms with Crippen molar-refractivity contribution in [3.05, 3.63) is 66.3 Å². The van der Waals surface area contributed by atoms with E-state index in [2.05, 4.69) is 28.8 Å². The Morgan fingerprint density at radius 3 is 2.73 bits per heavy atom. The quantitative estimate of drug-likeness (QED) is 0.485. The van der Waals surface area contributed by atoms with Crippen LogP contribution in [0.15, 0.2) is 55.0 Å². The summed E-state index contributed by atoms with van der Waals surface area (Å²) in [4.78, 5) is 6.72. The first-order valence-corrected chi connectivity index (χ1v) is 10.0. The fraction of sp³-hybridized carbons (Fsp3) is 0.348. The molecule has 4 nitrogen and oxygen atoms in total. The number of aromatic nitrogens is 2. The number of hydrogen-bond donors (Lipinski definition) is 2. The molecule has 0 spiro atoms. The van der Waals surface area contributed by atoms with Gasteiger partial charge in [-0.2, -0.15) is 13.2 Å². The Bertz CT molecular complexity index is 1030. The predicted molar refractivity (Wildman–Crippen MR) is 111 cm³/mol. The fourth-order valence-corrected chi connectivity index (χ4v) is 3.78. The van der Waals surface area contributed by atoms with Crippen LogP contribution in [0.4, 0.5) is 18.9 Å². The molecule has 1 fully saturated rings. The Morgan fingerprint density at radius 2 is 2.07 bits per heavy atom. The van der Waals surface area contributed by atoms with E-state index in [0.29, 0.717) is 30.3 Å². The predicted octanol–water partition coefficient (Wildman–Crippen LogP) is 6.17. The number of rotatable bonds is 7. The van der Waals surface area contributed by atoms with Gasteiger partial charge in [0.2, 0.25) is 0 Å². The van der Waals surface area contributed by atoms with Gasteiger partial charge in [-0.05, 0) is 54.5 Å². The van der Waals surface area contributed by atoms with Gasteiger partial charge in [-0.15, -0.1) is 0 Å². The van der Waals surface area contributed by atoms with Crippen LogP contribution in [-0.4, -0.2) is 16.6 Å². The largest absolute Gasteiger partial charge is 0.493 e. The van der Waals surface area contributed by atoms with E-state index >= 15 is 0 Å². The van der Waals surface area contributed by atoms with Crippen molar-refractivity contribution in [2.24, 2.45) is 11.8 Å². The zero-order chi connectivity index (χ0) is 21.3. The van der Waals surface area contributed by atoms with Crippen molar-refractivity contribution in [2.75, 3.05) is 11.9 Å². The molecule has 0 bridgehead atoms. The monoisotopic (exact) mass is 415 g/mol. The summed E-state index contributed by atoms with van der Waals surface area (Å²) in [5, 5.41) is 4.44. The molecule has 0 amide bonds. The van der Waals surface area contributed by atoms with Crippen LogP contribution in [0.2, 0.25) is 0 Å². The number of hydrogen-bond acceptors (Lipinski definition) is 3. The van der Waals surface area contributed by atoms with Crippen LogP contribution >= 0.6 is 0 Å². The summed E-state index contributed by atoms with van der Waals surface area (Å²) >= 11 is 0. The Morgan fingerprint density at radius 1 is 1.27 bits per heavy atom. The van der Waals surface area contributed by atoms with Gasteiger partial charge in [-0.1, -0.05) is 19.6 Å². The minimum atomic E-state index is -4.42. The number of nitrogens with one attached hydrogen (secondary N) is 2. The Hall–Kier alpha value is -2.96. The maximum Gasteiger partial charge on any atom is 0.433 e. The van der Waals surface area contributed by atoms with E-state index in [1.807, 2.05) is 24.4 Å². The van der Waals surface area contributed by atoms with Crippen molar-refractivity contribution in [3.8, 4) is 5.75 Å². The highest BCUT2D eigenvalue weighted by molar-refractivity contribution is 5.94. The second-order valence-corrected chi connectivity index (χ2v) is 7.98. The maximum atomic E-state index is 12.6. The Balaban J connectivity index is 1.37. The molecule has 158 valence electrons. The van der Waals surface area contributed by atoms with E-state index < -0.39 is 11.9 Å². The molecule has 0 aliphatic heterocycles. The lowest BCUT2D eigenvalue weighted by Crippen LogP contribution is -2.25. The minimum absolute atomic E-state index is 0.346. The number of ether oxygens (including phenoxy) is 1. The highest BCUT2D eigenvalue weighted by atomic mass is 19.4. The molecule has 0 unspecified atom stereocenters. The van der Waals surface area contributed by atoms with Crippen molar-refractivity contribution in [1.29, 1.82) is 0 Å². The summed E-state index contributed by atoms with van der Waals surface area (Å²) in [6.07, 6.45) is 1.56. The summed E-state index contributed by atoms with van der Waals surface area (Å²) < 4.78 is 43.6. The molecule has 7 heteroatoms. The first-order chi connectivity index (χ1) is 14.3. The van der Waals surface area contributed by atoms with Crippen LogP contribution in [-0.2, 0) is 12.6 Å². The molecule has 1 aliphatic carbocycles. The molecule has 4 rings (SSSR count). The van der Waals surface area contributed by atoms with E-state index in [1.54, 1.807) is 0 Å². The van der Waals surface area contributed by atoms with Crippen LogP contribution in [0, 0.1) is 11.8 Å². The van der Waals surface area contributed by atoms with Crippen LogP contribution in [0.25, 0.3) is 10.9 Å². The molecular formula is C23H24F3N3O. The number of anilines is 1. The molecular weight excluding hydrogens is 391 g/mol. The van der Waals surface area contributed by atoms with E-state index in [4.69, 9.17) is 4.74 Å². The van der Waals surface area contributed by atoms with Crippen LogP contribution < -0.4 is 10.1 Å². The van der Waals surface area contributed by atoms with Crippen molar-refractivity contribution in [2.45, 2.75) is 32.4 Å². The molecule has 1 aromatic carbocycles. The lowest BCUT2D eigenvalue weighted by Gasteiger charge is -2.34. The lowest BCUT2D eigenvalue weighted by atomic mass is 9.74. The van der Waals surface area contributed by atoms with Crippen LogP contribution in [0.3, 0.4) is 0 Å². The maximum absolute atomic E-state index is 12.6. The van der Waals surface area contributed by atoms with Crippen molar-refractivity contribution in [1.82, 2.24) is 9.97 Å². The lowest BCUT2D eigenvalue weighted by molar-refractivity contribution is -0.141. The van der Waals surface area contributed by atoms with E-state index in [9.17, 15) is 13.2 Å². The third-order valence-corrected chi connectivity index (χ3v) is 5.59. The molecule has 0 radical (unpaired) electrons. The van der Waals surface area contributed by atoms with Crippen molar-refractivity contribution in [3.63, 3.8) is 0 Å². The van der Waals surface area contributed by atoms with Crippen LogP contribution in [0.1, 0.15) is 31.0 Å². The summed E-state index contributed by atoms with van der Waals surface area (Å²) in [6.45, 7) is 6.78. The Kier molecular flexibility index (Phi) is 5.45. The third-order valence-electron chi connectivity index (χ3n) is 5.59. The number of alkyl halides is 3. The van der Waals surface area contributed by atoms with Gasteiger partial charge in [0.05, 0.1) is 12.3 Å². The fourth-order valence-electron chi connectivity index (χ4n) is 3.78. The van der Waals surface area contributed by atoms with Gasteiger partial charge >= 0.3 is 6.18 Å². The number of benzene rings is 1. The molecule has 0 atom stereocenters. The summed E-state index contributed by atoms with van der Waals surface area (Å²) in [6, 6.07) is 8.20. The average molecular weight is 415 g/mol. The number of halogens is 3. The van der Waals surface area contributed by atoms with Gasteiger partial charge in [0, 0.05) is 35.4 Å². The molecule has 2 aromatic heterocycles. The van der Waals surface area contributed by atoms with E-state index in [0.717, 1.165) is 34.3 Å². The highest BCUT2D eigenvalue weighted by Crippen LogP contribution is 2.39. The zero-order valence-electron chi connectivity index (χ0n) is 16.7. The smallest absolute Gasteiger partial charge is 0.433 e. The van der Waals surface area contributed by atoms with E-state index in [1.165, 1.54) is 25.1 Å². The second kappa shape index (κ2) is 8.05. The molecule has 2 heterocycles. The number of aromatic amines is 1. The van der Waals surface area contributed by atoms with Crippen molar-refractivity contribution >= 4 is 16.6 Å². The molecule has 1 aliphatic rings. The van der Waals surface area contributed by atoms with E-state index in [-0.39, 0.29) is 0 Å². The van der Waals surface area contributed by atoms with Crippen molar-refractivity contribution < 1.29 is 17.9 Å². The summed E-state index contributed by atoms with van der Waals surface area (Å²) in [7, 11) is 0. The Labute approximate surface area is 173 Å². The first kappa shape index (κ1) is 20.3. The van der Waals surface area contributed by atoms with Gasteiger partial charge in [-0.25, -0.2) is 0 Å². The standard InChI is InChI=1S/C23H24F3N3O/c1-14-9-17(10-14)15(2)29-21-13-27-20-5-4-18(11-19(20)21)30-8-7-16-3-6-22(28-12-16)23(24,25)26/h3-6,11-14,17,27,29H,2,7-10H2,1H3. The topological polar surface area (TPSA) is 49.9 Å². The number of pyridine rings is 1. The molecule has 0 saturated heterocycles. The van der Waals surface area contributed by atoms with Gasteiger partial charge in [0.15, 0.2) is 0 Å². The molecule has 1 saturated carbocycles. The highest BCUT2D eigenvalue weighted by Gasteiger charge is 2.32. The van der Waals surface area contributed by atoms with Gasteiger partial charge in [0.25, 0.3) is 0 Å². The minimum Gasteiger partial charge on any atom is -0.493 e. The summed E-state index contributed by atoms with van der Waals surface area (Å²) in [5.41, 5.74) is 2.80. The average Bonchev–Trinajstić information content (AvgIpc) is 3.07. The normalized spacial score (nSPS) is 18.8. The molecule has 30 heavy (non-hydrogen) atoms. The van der Waals surface area contributed by atoms with Gasteiger partial charge in [0.1, 0.15) is 11.4 Å². The zero-order valence-corrected chi connectivity index (χ0v) is 16.7. The summed E-state index contributed by atoms with van der Waals surface area (Å²) in [5.74, 6) is 1.98. The SMILES string of the molecule is C=C(Nc1c[nH]c2ccc(OCCc3ccc(C(F)(F)F)nc3)cc12)C1CC(C)C1.